The van der Waals surface area contributed by atoms with Crippen molar-refractivity contribution in [1.82, 2.24) is 15.0 Å². The number of ether oxygens (including phenoxy) is 1. The molecule has 21 heavy (non-hydrogen) atoms. The highest BCUT2D eigenvalue weighted by molar-refractivity contribution is 7.99. The Kier molecular flexibility index (Phi) is 3.81. The Bertz CT molecular complexity index is 770. The molecule has 0 amide bonds. The Balaban J connectivity index is 1.89. The first-order valence-electron chi connectivity index (χ1n) is 6.51. The fourth-order valence-electron chi connectivity index (χ4n) is 1.98. The Morgan fingerprint density at radius 2 is 2.14 bits per heavy atom. The molecule has 0 spiro atoms. The van der Waals surface area contributed by atoms with Gasteiger partial charge in [-0.1, -0.05) is 0 Å². The molecule has 0 aliphatic carbocycles. The number of pyridine rings is 1. The second-order valence-corrected chi connectivity index (χ2v) is 5.64. The summed E-state index contributed by atoms with van der Waals surface area (Å²) in [7, 11) is 1.64. The fraction of sp³-hybridized carbons (Fsp3) is 0.200. The van der Waals surface area contributed by atoms with Crippen molar-refractivity contribution in [3.63, 3.8) is 0 Å². The summed E-state index contributed by atoms with van der Waals surface area (Å²) in [6, 6.07) is 9.37. The van der Waals surface area contributed by atoms with Crippen LogP contribution in [-0.2, 0) is 0 Å². The van der Waals surface area contributed by atoms with Gasteiger partial charge >= 0.3 is 0 Å². The molecule has 1 unspecified atom stereocenters. The maximum absolute atomic E-state index is 9.61. The van der Waals surface area contributed by atoms with Crippen molar-refractivity contribution in [2.75, 3.05) is 7.11 Å². The third kappa shape index (κ3) is 3.01. The van der Waals surface area contributed by atoms with Gasteiger partial charge in [-0.15, -0.1) is 0 Å². The molecular formula is C15H15N3O2S. The normalized spacial score (nSPS) is 12.5. The second-order valence-electron chi connectivity index (χ2n) is 4.63. The van der Waals surface area contributed by atoms with E-state index in [9.17, 15) is 5.11 Å². The van der Waals surface area contributed by atoms with Crippen molar-refractivity contribution in [3.8, 4) is 5.75 Å². The number of benzene rings is 1. The van der Waals surface area contributed by atoms with Crippen molar-refractivity contribution < 1.29 is 9.84 Å². The van der Waals surface area contributed by atoms with Crippen LogP contribution in [0.25, 0.3) is 11.0 Å². The quantitative estimate of drug-likeness (QED) is 0.774. The van der Waals surface area contributed by atoms with Crippen LogP contribution in [0.2, 0.25) is 0 Å². The van der Waals surface area contributed by atoms with Crippen molar-refractivity contribution in [2.45, 2.75) is 23.2 Å². The van der Waals surface area contributed by atoms with Crippen molar-refractivity contribution in [3.05, 3.63) is 42.1 Å². The second kappa shape index (κ2) is 5.75. The van der Waals surface area contributed by atoms with Gasteiger partial charge in [0.1, 0.15) is 10.8 Å². The lowest BCUT2D eigenvalue weighted by atomic mass is 10.2. The van der Waals surface area contributed by atoms with Gasteiger partial charge in [-0.3, -0.25) is 0 Å². The summed E-state index contributed by atoms with van der Waals surface area (Å²) in [5.74, 6) is 0.789. The first-order chi connectivity index (χ1) is 10.2. The zero-order valence-corrected chi connectivity index (χ0v) is 12.5. The number of nitrogens with zero attached hydrogens (tertiary/aromatic N) is 2. The van der Waals surface area contributed by atoms with Gasteiger partial charge in [0.15, 0.2) is 5.16 Å². The third-order valence-electron chi connectivity index (χ3n) is 3.11. The van der Waals surface area contributed by atoms with E-state index in [-0.39, 0.29) is 0 Å². The van der Waals surface area contributed by atoms with Gasteiger partial charge in [-0.25, -0.2) is 9.97 Å². The highest BCUT2D eigenvalue weighted by atomic mass is 32.2. The molecule has 0 aliphatic heterocycles. The predicted octanol–water partition coefficient (Wildman–Crippen LogP) is 3.17. The smallest absolute Gasteiger partial charge is 0.172 e. The SMILES string of the molecule is COc1ccc2nc(Sc3cc(C(C)O)ccn3)[nH]c2c1. The Morgan fingerprint density at radius 3 is 2.90 bits per heavy atom. The molecule has 2 N–H and O–H groups in total. The van der Waals surface area contributed by atoms with Crippen LogP contribution >= 0.6 is 11.8 Å². The molecule has 6 heteroatoms. The highest BCUT2D eigenvalue weighted by Crippen LogP contribution is 2.28. The minimum absolute atomic E-state index is 0.507. The van der Waals surface area contributed by atoms with Gasteiger partial charge in [0, 0.05) is 12.3 Å². The summed E-state index contributed by atoms with van der Waals surface area (Å²) in [6.45, 7) is 1.73. The van der Waals surface area contributed by atoms with E-state index in [1.165, 1.54) is 11.8 Å². The first kappa shape index (κ1) is 13.9. The van der Waals surface area contributed by atoms with Crippen molar-refractivity contribution in [1.29, 1.82) is 0 Å². The predicted molar refractivity (Wildman–Crippen MR) is 81.6 cm³/mol. The number of fused-ring (bicyclic) bond motifs is 1. The molecule has 0 fully saturated rings. The summed E-state index contributed by atoms with van der Waals surface area (Å²) < 4.78 is 5.20. The molecule has 0 aliphatic rings. The number of aromatic nitrogens is 3. The fourth-order valence-corrected chi connectivity index (χ4v) is 2.79. The van der Waals surface area contributed by atoms with E-state index in [0.29, 0.717) is 0 Å². The maximum atomic E-state index is 9.61. The minimum Gasteiger partial charge on any atom is -0.497 e. The number of hydrogen-bond donors (Lipinski definition) is 2. The molecular weight excluding hydrogens is 286 g/mol. The van der Waals surface area contributed by atoms with Crippen LogP contribution in [0.5, 0.6) is 5.75 Å². The topological polar surface area (TPSA) is 71.0 Å². The number of imidazole rings is 1. The number of aliphatic hydroxyl groups is 1. The maximum Gasteiger partial charge on any atom is 0.172 e. The van der Waals surface area contributed by atoms with Gasteiger partial charge in [-0.2, -0.15) is 0 Å². The zero-order chi connectivity index (χ0) is 14.8. The number of aliphatic hydroxyl groups excluding tert-OH is 1. The zero-order valence-electron chi connectivity index (χ0n) is 11.7. The number of rotatable bonds is 4. The molecule has 2 aromatic heterocycles. The molecule has 1 aromatic carbocycles. The monoisotopic (exact) mass is 301 g/mol. The Morgan fingerprint density at radius 1 is 1.29 bits per heavy atom. The number of hydrogen-bond acceptors (Lipinski definition) is 5. The van der Waals surface area contributed by atoms with Crippen LogP contribution in [0.1, 0.15) is 18.6 Å². The summed E-state index contributed by atoms with van der Waals surface area (Å²) in [6.07, 6.45) is 1.18. The van der Waals surface area contributed by atoms with Gasteiger partial charge in [0.25, 0.3) is 0 Å². The van der Waals surface area contributed by atoms with Crippen LogP contribution in [0.4, 0.5) is 0 Å². The van der Waals surface area contributed by atoms with Gasteiger partial charge in [0.05, 0.1) is 24.2 Å². The number of aromatic amines is 1. The number of methoxy groups -OCH3 is 1. The van der Waals surface area contributed by atoms with E-state index in [0.717, 1.165) is 32.5 Å². The number of nitrogens with one attached hydrogen (secondary N) is 1. The molecule has 0 saturated carbocycles. The summed E-state index contributed by atoms with van der Waals surface area (Å²) in [5.41, 5.74) is 2.64. The van der Waals surface area contributed by atoms with Gasteiger partial charge in [0.2, 0.25) is 0 Å². The van der Waals surface area contributed by atoms with Crippen LogP contribution < -0.4 is 4.74 Å². The summed E-state index contributed by atoms with van der Waals surface area (Å²) in [4.78, 5) is 12.0. The lowest BCUT2D eigenvalue weighted by molar-refractivity contribution is 0.199. The van der Waals surface area contributed by atoms with Crippen molar-refractivity contribution >= 4 is 22.8 Å². The summed E-state index contributed by atoms with van der Waals surface area (Å²) in [5, 5.41) is 11.2. The lowest BCUT2D eigenvalue weighted by Crippen LogP contribution is -1.92. The number of H-pyrrole nitrogens is 1. The van der Waals surface area contributed by atoms with Crippen molar-refractivity contribution in [2.24, 2.45) is 0 Å². The molecule has 5 nitrogen and oxygen atoms in total. The molecule has 0 saturated heterocycles. The average molecular weight is 301 g/mol. The minimum atomic E-state index is -0.507. The van der Waals surface area contributed by atoms with E-state index >= 15 is 0 Å². The van der Waals surface area contributed by atoms with E-state index in [1.54, 1.807) is 26.3 Å². The van der Waals surface area contributed by atoms with E-state index in [4.69, 9.17) is 4.74 Å². The van der Waals surface area contributed by atoms with Gasteiger partial charge < -0.3 is 14.8 Å². The van der Waals surface area contributed by atoms with E-state index < -0.39 is 6.10 Å². The lowest BCUT2D eigenvalue weighted by Gasteiger charge is -2.05. The first-order valence-corrected chi connectivity index (χ1v) is 7.33. The van der Waals surface area contributed by atoms with Crippen LogP contribution in [0.3, 0.4) is 0 Å². The molecule has 108 valence electrons. The standard InChI is InChI=1S/C15H15N3O2S/c1-9(19)10-5-6-16-14(7-10)21-15-17-12-4-3-11(20-2)8-13(12)18-15/h3-9,19H,1-2H3,(H,17,18). The summed E-state index contributed by atoms with van der Waals surface area (Å²) >= 11 is 1.43. The van der Waals surface area contributed by atoms with E-state index in [1.807, 2.05) is 24.3 Å². The molecule has 1 atom stereocenters. The molecule has 3 aromatic rings. The average Bonchev–Trinajstić information content (AvgIpc) is 2.88. The molecule has 0 radical (unpaired) electrons. The largest absolute Gasteiger partial charge is 0.497 e. The third-order valence-corrected chi connectivity index (χ3v) is 3.93. The molecule has 2 heterocycles. The van der Waals surface area contributed by atoms with Crippen LogP contribution in [0.15, 0.2) is 46.7 Å². The Labute approximate surface area is 126 Å². The van der Waals surface area contributed by atoms with Gasteiger partial charge in [-0.05, 0) is 48.5 Å². The van der Waals surface area contributed by atoms with Crippen LogP contribution in [0, 0.1) is 0 Å². The molecule has 3 rings (SSSR count). The van der Waals surface area contributed by atoms with E-state index in [2.05, 4.69) is 15.0 Å². The highest BCUT2D eigenvalue weighted by Gasteiger charge is 2.08. The Hall–Kier alpha value is -2.05. The van der Waals surface area contributed by atoms with Crippen LogP contribution in [-0.4, -0.2) is 27.2 Å². The molecule has 0 bridgehead atoms.